The Balaban J connectivity index is 1.81. The average molecular weight is 379 g/mol. The van der Waals surface area contributed by atoms with Gasteiger partial charge in [0.25, 0.3) is 0 Å². The van der Waals surface area contributed by atoms with Crippen molar-refractivity contribution in [1.82, 2.24) is 4.98 Å². The van der Waals surface area contributed by atoms with Crippen LogP contribution in [0.2, 0.25) is 0 Å². The van der Waals surface area contributed by atoms with Gasteiger partial charge in [-0.1, -0.05) is 18.2 Å². The first kappa shape index (κ1) is 17.7. The van der Waals surface area contributed by atoms with E-state index in [1.807, 2.05) is 6.07 Å². The Morgan fingerprint density at radius 2 is 1.89 bits per heavy atom. The van der Waals surface area contributed by atoms with Crippen molar-refractivity contribution in [1.29, 1.82) is 0 Å². The van der Waals surface area contributed by atoms with Crippen molar-refractivity contribution in [3.63, 3.8) is 0 Å². The Morgan fingerprint density at radius 1 is 1.11 bits per heavy atom. The van der Waals surface area contributed by atoms with E-state index in [0.29, 0.717) is 45.2 Å². The number of nitrogens with zero attached hydrogens (tertiary/aromatic N) is 1. The Bertz CT molecular complexity index is 1110. The number of methoxy groups -OCH3 is 2. The first-order chi connectivity index (χ1) is 13.6. The molecule has 2 aromatic carbocycles. The van der Waals surface area contributed by atoms with Crippen LogP contribution in [0.3, 0.4) is 0 Å². The summed E-state index contributed by atoms with van der Waals surface area (Å²) in [7, 11) is 3.08. The van der Waals surface area contributed by atoms with Crippen LogP contribution in [-0.4, -0.2) is 37.1 Å². The molecule has 0 aliphatic carbocycles. The maximum absolute atomic E-state index is 11.6. The van der Waals surface area contributed by atoms with Gasteiger partial charge < -0.3 is 24.1 Å². The second-order valence-corrected chi connectivity index (χ2v) is 6.02. The SMILES string of the molecule is COc1cc(C=Cc2cc(C(=O)O)c3ccccc3n2)c(OC)c2c1OCO2. The molecule has 0 radical (unpaired) electrons. The minimum Gasteiger partial charge on any atom is -0.493 e. The number of para-hydroxylation sites is 1. The molecule has 142 valence electrons. The summed E-state index contributed by atoms with van der Waals surface area (Å²) in [5.41, 5.74) is 2.00. The fraction of sp³-hybridized carbons (Fsp3) is 0.143. The lowest BCUT2D eigenvalue weighted by Crippen LogP contribution is -2.00. The summed E-state index contributed by atoms with van der Waals surface area (Å²) in [6.45, 7) is 0.0867. The minimum absolute atomic E-state index is 0.0867. The Hall–Kier alpha value is -3.74. The number of carbonyl (C=O) groups is 1. The van der Waals surface area contributed by atoms with Gasteiger partial charge in [0.2, 0.25) is 18.3 Å². The van der Waals surface area contributed by atoms with Crippen LogP contribution in [0.1, 0.15) is 21.6 Å². The zero-order valence-corrected chi connectivity index (χ0v) is 15.3. The van der Waals surface area contributed by atoms with Crippen LogP contribution in [0, 0.1) is 0 Å². The van der Waals surface area contributed by atoms with Crippen LogP contribution >= 0.6 is 0 Å². The maximum atomic E-state index is 11.6. The summed E-state index contributed by atoms with van der Waals surface area (Å²) in [5, 5.41) is 10.1. The predicted molar refractivity (Wildman–Crippen MR) is 103 cm³/mol. The zero-order chi connectivity index (χ0) is 19.7. The standard InChI is InChI=1S/C21H17NO6/c1-25-17-9-12(18(26-2)20-19(17)27-11-28-20)7-8-13-10-15(21(23)24)14-5-3-4-6-16(14)22-13/h3-10H,11H2,1-2H3,(H,23,24). The van der Waals surface area contributed by atoms with Gasteiger partial charge in [0, 0.05) is 10.9 Å². The molecule has 0 saturated heterocycles. The lowest BCUT2D eigenvalue weighted by molar-refractivity contribution is 0.0699. The molecular formula is C21H17NO6. The maximum Gasteiger partial charge on any atom is 0.336 e. The number of hydrogen-bond donors (Lipinski definition) is 1. The fourth-order valence-electron chi connectivity index (χ4n) is 3.15. The molecule has 0 atom stereocenters. The van der Waals surface area contributed by atoms with Crippen LogP contribution in [0.5, 0.6) is 23.0 Å². The van der Waals surface area contributed by atoms with Crippen molar-refractivity contribution in [2.24, 2.45) is 0 Å². The number of aromatic nitrogens is 1. The summed E-state index contributed by atoms with van der Waals surface area (Å²) in [6, 6.07) is 10.4. The van der Waals surface area contributed by atoms with E-state index in [1.165, 1.54) is 13.2 Å². The Kier molecular flexibility index (Phi) is 4.49. The normalized spacial score (nSPS) is 12.5. The molecule has 0 amide bonds. The molecule has 2 heterocycles. The van der Waals surface area contributed by atoms with Gasteiger partial charge in [-0.25, -0.2) is 9.78 Å². The Morgan fingerprint density at radius 3 is 2.64 bits per heavy atom. The first-order valence-electron chi connectivity index (χ1n) is 8.48. The van der Waals surface area contributed by atoms with Crippen molar-refractivity contribution in [2.45, 2.75) is 0 Å². The minimum atomic E-state index is -1.00. The lowest BCUT2D eigenvalue weighted by Gasteiger charge is -2.11. The third kappa shape index (κ3) is 2.96. The Labute approximate surface area is 160 Å². The monoisotopic (exact) mass is 379 g/mol. The van der Waals surface area contributed by atoms with Crippen LogP contribution in [0.25, 0.3) is 23.1 Å². The fourth-order valence-corrected chi connectivity index (χ4v) is 3.15. The summed E-state index contributed by atoms with van der Waals surface area (Å²) >= 11 is 0. The summed E-state index contributed by atoms with van der Waals surface area (Å²) in [5.74, 6) is 0.984. The number of benzene rings is 2. The molecule has 0 unspecified atom stereocenters. The van der Waals surface area contributed by atoms with Crippen LogP contribution < -0.4 is 18.9 Å². The van der Waals surface area contributed by atoms with Gasteiger partial charge in [-0.3, -0.25) is 0 Å². The number of pyridine rings is 1. The molecule has 1 N–H and O–H groups in total. The van der Waals surface area contributed by atoms with E-state index in [0.717, 1.165) is 0 Å². The highest BCUT2D eigenvalue weighted by Gasteiger charge is 2.26. The number of carboxylic acid groups (broad SMARTS) is 1. The molecule has 28 heavy (non-hydrogen) atoms. The summed E-state index contributed by atoms with van der Waals surface area (Å²) in [4.78, 5) is 16.2. The number of hydrogen-bond acceptors (Lipinski definition) is 6. The predicted octanol–water partition coefficient (Wildman–Crippen LogP) is 3.85. The summed E-state index contributed by atoms with van der Waals surface area (Å²) in [6.07, 6.45) is 3.49. The zero-order valence-electron chi connectivity index (χ0n) is 15.3. The number of aromatic carboxylic acids is 1. The van der Waals surface area contributed by atoms with Gasteiger partial charge in [0.15, 0.2) is 11.5 Å². The van der Waals surface area contributed by atoms with Gasteiger partial charge >= 0.3 is 5.97 Å². The van der Waals surface area contributed by atoms with Gasteiger partial charge in [-0.2, -0.15) is 0 Å². The molecule has 7 nitrogen and oxygen atoms in total. The number of fused-ring (bicyclic) bond motifs is 2. The molecule has 4 rings (SSSR count). The van der Waals surface area contributed by atoms with Crippen LogP contribution in [0.15, 0.2) is 36.4 Å². The molecular weight excluding hydrogens is 362 g/mol. The molecule has 1 aromatic heterocycles. The molecule has 1 aliphatic rings. The van der Waals surface area contributed by atoms with Crippen LogP contribution in [-0.2, 0) is 0 Å². The third-order valence-electron chi connectivity index (χ3n) is 4.42. The van der Waals surface area contributed by atoms with Crippen LogP contribution in [0.4, 0.5) is 0 Å². The van der Waals surface area contributed by atoms with Crippen molar-refractivity contribution in [2.75, 3.05) is 21.0 Å². The van der Waals surface area contributed by atoms with E-state index in [1.54, 1.807) is 43.5 Å². The van der Waals surface area contributed by atoms with Crippen molar-refractivity contribution >= 4 is 29.0 Å². The van der Waals surface area contributed by atoms with E-state index in [2.05, 4.69) is 4.98 Å². The molecule has 0 spiro atoms. The second-order valence-electron chi connectivity index (χ2n) is 6.02. The van der Waals surface area contributed by atoms with E-state index in [9.17, 15) is 9.90 Å². The molecule has 0 saturated carbocycles. The van der Waals surface area contributed by atoms with Gasteiger partial charge in [-0.15, -0.1) is 0 Å². The number of carboxylic acids is 1. The van der Waals surface area contributed by atoms with Gasteiger partial charge in [0.05, 0.1) is 31.0 Å². The molecule has 7 heteroatoms. The molecule has 0 bridgehead atoms. The van der Waals surface area contributed by atoms with Crippen molar-refractivity contribution < 1.29 is 28.8 Å². The van der Waals surface area contributed by atoms with Crippen molar-refractivity contribution in [3.8, 4) is 23.0 Å². The number of rotatable bonds is 5. The lowest BCUT2D eigenvalue weighted by atomic mass is 10.1. The first-order valence-corrected chi connectivity index (χ1v) is 8.48. The third-order valence-corrected chi connectivity index (χ3v) is 4.42. The van der Waals surface area contributed by atoms with Gasteiger partial charge in [-0.05, 0) is 30.4 Å². The highest BCUT2D eigenvalue weighted by atomic mass is 16.7. The largest absolute Gasteiger partial charge is 0.493 e. The highest BCUT2D eigenvalue weighted by Crippen LogP contribution is 2.49. The topological polar surface area (TPSA) is 87.1 Å². The summed E-state index contributed by atoms with van der Waals surface area (Å²) < 4.78 is 21.8. The molecule has 1 aliphatic heterocycles. The smallest absolute Gasteiger partial charge is 0.336 e. The van der Waals surface area contributed by atoms with Crippen molar-refractivity contribution in [3.05, 3.63) is 53.2 Å². The van der Waals surface area contributed by atoms with E-state index < -0.39 is 5.97 Å². The number of ether oxygens (including phenoxy) is 4. The quantitative estimate of drug-likeness (QED) is 0.720. The van der Waals surface area contributed by atoms with E-state index in [4.69, 9.17) is 18.9 Å². The van der Waals surface area contributed by atoms with E-state index >= 15 is 0 Å². The molecule has 0 fully saturated rings. The molecule has 3 aromatic rings. The second kappa shape index (κ2) is 7.11. The highest BCUT2D eigenvalue weighted by molar-refractivity contribution is 6.03. The van der Waals surface area contributed by atoms with Gasteiger partial charge in [0.1, 0.15) is 0 Å². The average Bonchev–Trinajstić information content (AvgIpc) is 3.20. The van der Waals surface area contributed by atoms with E-state index in [-0.39, 0.29) is 12.4 Å².